The summed E-state index contributed by atoms with van der Waals surface area (Å²) in [5.41, 5.74) is 13.8. The molecule has 1 aliphatic heterocycles. The Bertz CT molecular complexity index is 944. The van der Waals surface area contributed by atoms with Gasteiger partial charge in [0.05, 0.1) is 0 Å². The Morgan fingerprint density at radius 1 is 0.960 bits per heavy atom. The molecule has 1 unspecified atom stereocenters. The predicted molar refractivity (Wildman–Crippen MR) is 105 cm³/mol. The van der Waals surface area contributed by atoms with Crippen LogP contribution >= 0.6 is 22.7 Å². The number of fused-ring (bicyclic) bond motifs is 1. The maximum atomic E-state index is 5.83. The largest absolute Gasteiger partial charge is 0.463 e. The monoisotopic (exact) mass is 366 g/mol. The van der Waals surface area contributed by atoms with Crippen LogP contribution in [0.15, 0.2) is 50.8 Å². The third kappa shape index (κ3) is 2.50. The molecule has 3 nitrogen and oxygen atoms in total. The van der Waals surface area contributed by atoms with Crippen LogP contribution in [0.4, 0.5) is 0 Å². The van der Waals surface area contributed by atoms with Gasteiger partial charge in [-0.2, -0.15) is 22.7 Å². The molecule has 126 valence electrons. The van der Waals surface area contributed by atoms with Gasteiger partial charge in [0.1, 0.15) is 12.1 Å². The van der Waals surface area contributed by atoms with Crippen molar-refractivity contribution in [3.63, 3.8) is 0 Å². The van der Waals surface area contributed by atoms with Crippen molar-refractivity contribution >= 4 is 28.7 Å². The molecule has 2 aromatic heterocycles. The van der Waals surface area contributed by atoms with Gasteiger partial charge < -0.3 is 10.5 Å². The van der Waals surface area contributed by atoms with E-state index in [2.05, 4.69) is 50.8 Å². The summed E-state index contributed by atoms with van der Waals surface area (Å²) in [6.45, 7) is 0.601. The molecule has 0 saturated carbocycles. The quantitative estimate of drug-likeness (QED) is 0.713. The average molecular weight is 367 g/mol. The lowest BCUT2D eigenvalue weighted by molar-refractivity contribution is 0.235. The third-order valence-corrected chi connectivity index (χ3v) is 6.64. The number of hydrogen-bond donors (Lipinski definition) is 1. The van der Waals surface area contributed by atoms with E-state index in [0.717, 1.165) is 19.3 Å². The van der Waals surface area contributed by atoms with E-state index < -0.39 is 0 Å². The summed E-state index contributed by atoms with van der Waals surface area (Å²) in [5, 5.41) is 8.75. The molecule has 0 amide bonds. The molecule has 5 rings (SSSR count). The predicted octanol–water partition coefficient (Wildman–Crippen LogP) is 4.72. The highest BCUT2D eigenvalue weighted by atomic mass is 32.1. The lowest BCUT2D eigenvalue weighted by Crippen LogP contribution is -2.36. The standard InChI is InChI=1S/C20H18N2OS2/c21-19-22-20(12-23-19)6-3-17-15(13-4-7-24-10-13)1-2-16(18(17)9-20)14-5-8-25-11-14/h1-2,4-5,7-8,10-11H,3,6,9,12H2,(H2,21,22). The molecule has 1 atom stereocenters. The van der Waals surface area contributed by atoms with E-state index in [1.165, 1.54) is 33.4 Å². The fourth-order valence-electron chi connectivity index (χ4n) is 4.06. The number of amidine groups is 1. The Balaban J connectivity index is 1.69. The van der Waals surface area contributed by atoms with Gasteiger partial charge in [-0.15, -0.1) is 0 Å². The lowest BCUT2D eigenvalue weighted by Gasteiger charge is -2.33. The molecule has 1 aliphatic carbocycles. The summed E-state index contributed by atoms with van der Waals surface area (Å²) in [6.07, 6.45) is 2.90. The molecule has 3 heterocycles. The molecule has 0 fully saturated rings. The first-order valence-electron chi connectivity index (χ1n) is 8.42. The smallest absolute Gasteiger partial charge is 0.282 e. The van der Waals surface area contributed by atoms with E-state index in [1.807, 2.05) is 0 Å². The first kappa shape index (κ1) is 15.2. The van der Waals surface area contributed by atoms with Crippen LogP contribution in [-0.4, -0.2) is 18.2 Å². The van der Waals surface area contributed by atoms with Crippen LogP contribution in [0, 0.1) is 0 Å². The first-order valence-corrected chi connectivity index (χ1v) is 10.3. The van der Waals surface area contributed by atoms with Crippen LogP contribution in [0.3, 0.4) is 0 Å². The number of ether oxygens (including phenoxy) is 1. The summed E-state index contributed by atoms with van der Waals surface area (Å²) >= 11 is 3.49. The topological polar surface area (TPSA) is 47.6 Å². The van der Waals surface area contributed by atoms with E-state index >= 15 is 0 Å². The molecule has 1 aromatic carbocycles. The molecule has 1 spiro atoms. The number of aliphatic imine (C=N–C) groups is 1. The fourth-order valence-corrected chi connectivity index (χ4v) is 5.37. The molecular weight excluding hydrogens is 348 g/mol. The van der Waals surface area contributed by atoms with Crippen molar-refractivity contribution in [3.8, 4) is 22.3 Å². The van der Waals surface area contributed by atoms with Crippen LogP contribution < -0.4 is 5.73 Å². The van der Waals surface area contributed by atoms with E-state index in [1.54, 1.807) is 22.7 Å². The van der Waals surface area contributed by atoms with Gasteiger partial charge in [-0.3, -0.25) is 0 Å². The zero-order valence-corrected chi connectivity index (χ0v) is 15.3. The number of hydrogen-bond acceptors (Lipinski definition) is 5. The van der Waals surface area contributed by atoms with Crippen LogP contribution in [0.25, 0.3) is 22.3 Å². The molecule has 0 radical (unpaired) electrons. The van der Waals surface area contributed by atoms with Crippen molar-refractivity contribution in [1.29, 1.82) is 0 Å². The van der Waals surface area contributed by atoms with Gasteiger partial charge in [0.2, 0.25) is 0 Å². The summed E-state index contributed by atoms with van der Waals surface area (Å²) < 4.78 is 5.53. The zero-order valence-electron chi connectivity index (χ0n) is 13.7. The third-order valence-electron chi connectivity index (χ3n) is 5.28. The van der Waals surface area contributed by atoms with Crippen molar-refractivity contribution in [2.45, 2.75) is 24.8 Å². The van der Waals surface area contributed by atoms with Crippen molar-refractivity contribution in [1.82, 2.24) is 0 Å². The molecule has 2 N–H and O–H groups in total. The Hall–Kier alpha value is -2.11. The maximum Gasteiger partial charge on any atom is 0.282 e. The van der Waals surface area contributed by atoms with Crippen molar-refractivity contribution in [3.05, 3.63) is 56.9 Å². The SMILES string of the molecule is NC1=NC2(CCc3c(-c4ccsc4)ccc(-c4ccsc4)c3C2)CO1. The fraction of sp³-hybridized carbons (Fsp3) is 0.250. The van der Waals surface area contributed by atoms with Gasteiger partial charge in [-0.05, 0) is 79.9 Å². The Morgan fingerprint density at radius 2 is 1.64 bits per heavy atom. The summed E-state index contributed by atoms with van der Waals surface area (Å²) in [4.78, 5) is 4.67. The Labute approximate surface area is 154 Å². The van der Waals surface area contributed by atoms with E-state index in [0.29, 0.717) is 12.6 Å². The molecule has 0 bridgehead atoms. The highest BCUT2D eigenvalue weighted by molar-refractivity contribution is 7.08. The van der Waals surface area contributed by atoms with Crippen LogP contribution in [0.1, 0.15) is 17.5 Å². The van der Waals surface area contributed by atoms with Crippen LogP contribution in [-0.2, 0) is 17.6 Å². The van der Waals surface area contributed by atoms with E-state index in [9.17, 15) is 0 Å². The molecule has 2 aliphatic rings. The van der Waals surface area contributed by atoms with Crippen molar-refractivity contribution in [2.24, 2.45) is 10.7 Å². The van der Waals surface area contributed by atoms with Crippen molar-refractivity contribution < 1.29 is 4.74 Å². The first-order chi connectivity index (χ1) is 12.2. The number of benzene rings is 1. The minimum Gasteiger partial charge on any atom is -0.463 e. The number of thiophene rings is 2. The molecular formula is C20H18N2OS2. The van der Waals surface area contributed by atoms with E-state index in [4.69, 9.17) is 10.5 Å². The zero-order chi connectivity index (χ0) is 16.9. The average Bonchev–Trinajstić information content (AvgIpc) is 3.36. The Kier molecular flexibility index (Phi) is 3.47. The van der Waals surface area contributed by atoms with E-state index in [-0.39, 0.29) is 5.54 Å². The number of nitrogens with two attached hydrogens (primary N) is 1. The van der Waals surface area contributed by atoms with Crippen LogP contribution in [0.2, 0.25) is 0 Å². The highest BCUT2D eigenvalue weighted by Crippen LogP contribution is 2.43. The second kappa shape index (κ2) is 5.71. The molecule has 5 heteroatoms. The minimum atomic E-state index is -0.185. The van der Waals surface area contributed by atoms with Gasteiger partial charge in [0.15, 0.2) is 0 Å². The summed E-state index contributed by atoms with van der Waals surface area (Å²) in [6, 6.07) is 9.32. The number of nitrogens with zero attached hydrogens (tertiary/aromatic N) is 1. The molecule has 3 aromatic rings. The summed E-state index contributed by atoms with van der Waals surface area (Å²) in [5.74, 6) is 0. The molecule has 25 heavy (non-hydrogen) atoms. The second-order valence-electron chi connectivity index (χ2n) is 6.78. The van der Waals surface area contributed by atoms with Gasteiger partial charge in [0.25, 0.3) is 6.02 Å². The second-order valence-corrected chi connectivity index (χ2v) is 8.34. The minimum absolute atomic E-state index is 0.185. The van der Waals surface area contributed by atoms with Gasteiger partial charge in [0, 0.05) is 6.42 Å². The highest BCUT2D eigenvalue weighted by Gasteiger charge is 2.40. The summed E-state index contributed by atoms with van der Waals surface area (Å²) in [7, 11) is 0. The number of rotatable bonds is 2. The normalized spacial score (nSPS) is 21.8. The lowest BCUT2D eigenvalue weighted by atomic mass is 9.74. The maximum absolute atomic E-state index is 5.83. The molecule has 0 saturated heterocycles. The van der Waals surface area contributed by atoms with Gasteiger partial charge in [-0.1, -0.05) is 12.1 Å². The van der Waals surface area contributed by atoms with Gasteiger partial charge >= 0.3 is 0 Å². The van der Waals surface area contributed by atoms with Crippen LogP contribution in [0.5, 0.6) is 0 Å². The van der Waals surface area contributed by atoms with Crippen molar-refractivity contribution in [2.75, 3.05) is 6.61 Å². The Morgan fingerprint density at radius 3 is 2.20 bits per heavy atom. The van der Waals surface area contributed by atoms with Gasteiger partial charge in [-0.25, -0.2) is 4.99 Å².